The van der Waals surface area contributed by atoms with Gasteiger partial charge in [-0.3, -0.25) is 0 Å². The zero-order valence-corrected chi connectivity index (χ0v) is 12.2. The second-order valence-corrected chi connectivity index (χ2v) is 5.22. The Morgan fingerprint density at radius 1 is 0.889 bits per heavy atom. The highest BCUT2D eigenvalue weighted by Gasteiger charge is 2.17. The highest BCUT2D eigenvalue weighted by atomic mass is 16.7. The zero-order valence-electron chi connectivity index (χ0n) is 12.2. The van der Waals surface area contributed by atoms with Crippen molar-refractivity contribution < 1.29 is 18.9 Å². The molecule has 18 heavy (non-hydrogen) atoms. The molecule has 0 aromatic carbocycles. The van der Waals surface area contributed by atoms with Crippen LogP contribution in [0, 0.1) is 5.92 Å². The van der Waals surface area contributed by atoms with Gasteiger partial charge in [0.25, 0.3) is 0 Å². The molecule has 0 aliphatic carbocycles. The van der Waals surface area contributed by atoms with Crippen molar-refractivity contribution in [3.63, 3.8) is 0 Å². The number of hydrogen-bond acceptors (Lipinski definition) is 4. The van der Waals surface area contributed by atoms with Gasteiger partial charge >= 0.3 is 0 Å². The molecular weight excluding hydrogens is 232 g/mol. The van der Waals surface area contributed by atoms with Crippen molar-refractivity contribution in [1.29, 1.82) is 0 Å². The molecule has 4 nitrogen and oxygen atoms in total. The van der Waals surface area contributed by atoms with Crippen molar-refractivity contribution in [2.24, 2.45) is 5.92 Å². The maximum absolute atomic E-state index is 5.41. The minimum absolute atomic E-state index is 0.0637. The highest BCUT2D eigenvalue weighted by Crippen LogP contribution is 2.18. The van der Waals surface area contributed by atoms with Crippen LogP contribution in [0.5, 0.6) is 0 Å². The second-order valence-electron chi connectivity index (χ2n) is 5.22. The average Bonchev–Trinajstić information content (AvgIpc) is 2.40. The fourth-order valence-electron chi connectivity index (χ4n) is 2.19. The third kappa shape index (κ3) is 6.14. The van der Waals surface area contributed by atoms with E-state index in [1.54, 1.807) is 14.2 Å². The summed E-state index contributed by atoms with van der Waals surface area (Å²) in [5.74, 6) is 0.719. The van der Waals surface area contributed by atoms with Crippen molar-refractivity contribution in [3.8, 4) is 0 Å². The maximum Gasteiger partial charge on any atom is 0.157 e. The summed E-state index contributed by atoms with van der Waals surface area (Å²) in [5, 5.41) is 0. The summed E-state index contributed by atoms with van der Waals surface area (Å²) in [6, 6.07) is 0. The summed E-state index contributed by atoms with van der Waals surface area (Å²) in [4.78, 5) is 0. The quantitative estimate of drug-likeness (QED) is 0.765. The van der Waals surface area contributed by atoms with E-state index >= 15 is 0 Å². The number of methoxy groups -OCH3 is 2. The number of ether oxygens (including phenoxy) is 4. The summed E-state index contributed by atoms with van der Waals surface area (Å²) < 4.78 is 20.8. The monoisotopic (exact) mass is 260 g/mol. The van der Waals surface area contributed by atoms with E-state index in [2.05, 4.69) is 13.8 Å². The first-order valence-electron chi connectivity index (χ1n) is 6.98. The van der Waals surface area contributed by atoms with Crippen LogP contribution in [0.15, 0.2) is 0 Å². The summed E-state index contributed by atoms with van der Waals surface area (Å²) in [7, 11) is 3.39. The molecule has 2 rings (SSSR count). The molecular formula is C14H28O4. The molecule has 2 heterocycles. The van der Waals surface area contributed by atoms with Crippen molar-refractivity contribution >= 4 is 0 Å². The van der Waals surface area contributed by atoms with Crippen LogP contribution in [0.3, 0.4) is 0 Å². The lowest BCUT2D eigenvalue weighted by Crippen LogP contribution is -2.26. The number of rotatable bonds is 2. The normalized spacial score (nSPS) is 36.7. The third-order valence-corrected chi connectivity index (χ3v) is 3.42. The largest absolute Gasteiger partial charge is 0.356 e. The van der Waals surface area contributed by atoms with E-state index in [1.165, 1.54) is 19.3 Å². The Hall–Kier alpha value is -0.160. The Morgan fingerprint density at radius 3 is 2.06 bits per heavy atom. The first-order chi connectivity index (χ1) is 8.65. The van der Waals surface area contributed by atoms with Crippen molar-refractivity contribution in [3.05, 3.63) is 0 Å². The smallest absolute Gasteiger partial charge is 0.157 e. The Labute approximate surface area is 111 Å². The molecule has 0 saturated carbocycles. The standard InChI is InChI=1S/2C7H14O2/c1-6-3-4-7(8-2)9-5-6;1-6-4-3-5-7(8-2)9-6/h2*6-7H,3-5H2,1-2H3. The van der Waals surface area contributed by atoms with Gasteiger partial charge in [-0.1, -0.05) is 6.92 Å². The van der Waals surface area contributed by atoms with E-state index in [9.17, 15) is 0 Å². The minimum Gasteiger partial charge on any atom is -0.356 e. The van der Waals surface area contributed by atoms with E-state index < -0.39 is 0 Å². The van der Waals surface area contributed by atoms with Gasteiger partial charge in [0.1, 0.15) is 0 Å². The van der Waals surface area contributed by atoms with Gasteiger partial charge in [-0.25, -0.2) is 0 Å². The lowest BCUT2D eigenvalue weighted by Gasteiger charge is -2.26. The molecule has 2 aliphatic heterocycles. The minimum atomic E-state index is 0.0637. The van der Waals surface area contributed by atoms with Crippen LogP contribution in [0.2, 0.25) is 0 Å². The first-order valence-corrected chi connectivity index (χ1v) is 6.98. The zero-order chi connectivity index (χ0) is 13.4. The molecule has 2 fully saturated rings. The lowest BCUT2D eigenvalue weighted by atomic mass is 10.0. The van der Waals surface area contributed by atoms with Crippen molar-refractivity contribution in [2.75, 3.05) is 20.8 Å². The fourth-order valence-corrected chi connectivity index (χ4v) is 2.19. The van der Waals surface area contributed by atoms with Crippen LogP contribution < -0.4 is 0 Å². The van der Waals surface area contributed by atoms with Crippen LogP contribution >= 0.6 is 0 Å². The molecule has 108 valence electrons. The predicted molar refractivity (Wildman–Crippen MR) is 70.3 cm³/mol. The van der Waals surface area contributed by atoms with E-state index in [0.29, 0.717) is 6.10 Å². The van der Waals surface area contributed by atoms with Crippen LogP contribution in [0.1, 0.15) is 46.0 Å². The van der Waals surface area contributed by atoms with Gasteiger partial charge in [0, 0.05) is 14.2 Å². The molecule has 4 atom stereocenters. The van der Waals surface area contributed by atoms with Crippen LogP contribution in [0.4, 0.5) is 0 Å². The summed E-state index contributed by atoms with van der Waals surface area (Å²) in [6.07, 6.45) is 6.29. The lowest BCUT2D eigenvalue weighted by molar-refractivity contribution is -0.174. The SMILES string of the molecule is COC1CCC(C)CO1.COC1CCCC(C)O1. The Kier molecular flexibility index (Phi) is 7.82. The molecule has 0 spiro atoms. The molecule has 2 aliphatic rings. The molecule has 0 N–H and O–H groups in total. The van der Waals surface area contributed by atoms with E-state index in [4.69, 9.17) is 18.9 Å². The van der Waals surface area contributed by atoms with Gasteiger partial charge in [0.2, 0.25) is 0 Å². The van der Waals surface area contributed by atoms with E-state index in [-0.39, 0.29) is 12.6 Å². The molecule has 4 unspecified atom stereocenters. The van der Waals surface area contributed by atoms with E-state index in [1.807, 2.05) is 0 Å². The number of hydrogen-bond donors (Lipinski definition) is 0. The summed E-state index contributed by atoms with van der Waals surface area (Å²) in [5.41, 5.74) is 0. The van der Waals surface area contributed by atoms with Gasteiger partial charge in [0.15, 0.2) is 12.6 Å². The molecule has 0 amide bonds. The van der Waals surface area contributed by atoms with Gasteiger partial charge in [-0.05, 0) is 44.9 Å². The molecule has 4 heteroatoms. The summed E-state index contributed by atoms with van der Waals surface area (Å²) in [6.45, 7) is 5.15. The van der Waals surface area contributed by atoms with Crippen molar-refractivity contribution in [2.45, 2.75) is 64.6 Å². The summed E-state index contributed by atoms with van der Waals surface area (Å²) >= 11 is 0. The van der Waals surface area contributed by atoms with Crippen molar-refractivity contribution in [1.82, 2.24) is 0 Å². The molecule has 0 aromatic heterocycles. The van der Waals surface area contributed by atoms with Gasteiger partial charge in [0.05, 0.1) is 12.7 Å². The highest BCUT2D eigenvalue weighted by molar-refractivity contribution is 4.60. The van der Waals surface area contributed by atoms with Crippen LogP contribution in [0.25, 0.3) is 0 Å². The Bertz CT molecular complexity index is 202. The topological polar surface area (TPSA) is 36.9 Å². The van der Waals surface area contributed by atoms with E-state index in [0.717, 1.165) is 25.4 Å². The van der Waals surface area contributed by atoms with Gasteiger partial charge in [-0.2, -0.15) is 0 Å². The van der Waals surface area contributed by atoms with Gasteiger partial charge in [-0.15, -0.1) is 0 Å². The molecule has 0 bridgehead atoms. The molecule has 2 saturated heterocycles. The Morgan fingerprint density at radius 2 is 1.61 bits per heavy atom. The predicted octanol–water partition coefficient (Wildman–Crippen LogP) is 2.95. The van der Waals surface area contributed by atoms with Crippen LogP contribution in [-0.2, 0) is 18.9 Å². The molecule has 0 aromatic rings. The first kappa shape index (κ1) is 15.9. The second kappa shape index (κ2) is 8.86. The molecule has 0 radical (unpaired) electrons. The average molecular weight is 260 g/mol. The van der Waals surface area contributed by atoms with Crippen LogP contribution in [-0.4, -0.2) is 39.5 Å². The maximum atomic E-state index is 5.41. The third-order valence-electron chi connectivity index (χ3n) is 3.42. The Balaban J connectivity index is 0.000000180. The van der Waals surface area contributed by atoms with Gasteiger partial charge < -0.3 is 18.9 Å². The fraction of sp³-hybridized carbons (Fsp3) is 1.00.